The average molecular weight is 430 g/mol. The molecule has 0 aliphatic rings. The quantitative estimate of drug-likeness (QED) is 0.384. The van der Waals surface area contributed by atoms with Crippen LogP contribution in [0.25, 0.3) is 39.3 Å². The molecule has 0 amide bonds. The molecule has 0 bridgehead atoms. The molecule has 5 aromatic rings. The van der Waals surface area contributed by atoms with Crippen LogP contribution in [0.5, 0.6) is 5.75 Å². The molecule has 6 nitrogen and oxygen atoms in total. The maximum atomic E-state index is 13.2. The molecule has 31 heavy (non-hydrogen) atoms. The van der Waals surface area contributed by atoms with E-state index < -0.39 is 0 Å². The Labute approximate surface area is 182 Å². The number of pyridine rings is 1. The molecule has 0 saturated heterocycles. The summed E-state index contributed by atoms with van der Waals surface area (Å²) in [6, 6.07) is 21.9. The molecule has 3 aromatic carbocycles. The van der Waals surface area contributed by atoms with Crippen LogP contribution in [-0.2, 0) is 0 Å². The van der Waals surface area contributed by atoms with Gasteiger partial charge in [0, 0.05) is 33.6 Å². The highest BCUT2D eigenvalue weighted by atomic mass is 35.5. The van der Waals surface area contributed by atoms with Crippen molar-refractivity contribution in [2.24, 2.45) is 0 Å². The first-order valence-corrected chi connectivity index (χ1v) is 9.91. The van der Waals surface area contributed by atoms with Gasteiger partial charge in [0.05, 0.1) is 18.4 Å². The monoisotopic (exact) mass is 429 g/mol. The van der Waals surface area contributed by atoms with Crippen molar-refractivity contribution in [2.45, 2.75) is 0 Å². The second kappa shape index (κ2) is 7.74. The Balaban J connectivity index is 1.72. The summed E-state index contributed by atoms with van der Waals surface area (Å²) in [5, 5.41) is 5.97. The van der Waals surface area contributed by atoms with Gasteiger partial charge in [-0.15, -0.1) is 0 Å². The standard InChI is InChI=1S/C24H16ClN3O3/c1-30-18-9-5-8-17(13-18)28-14-21(19-10-2-3-11-20(19)24(28)29)23-26-22(27-31-23)15-6-4-7-16(25)12-15/h2-14H,1H3. The van der Waals surface area contributed by atoms with E-state index in [1.807, 2.05) is 48.5 Å². The lowest BCUT2D eigenvalue weighted by molar-refractivity contribution is 0.414. The van der Waals surface area contributed by atoms with E-state index in [0.29, 0.717) is 39.1 Å². The van der Waals surface area contributed by atoms with Crippen LogP contribution in [0.2, 0.25) is 5.02 Å². The van der Waals surface area contributed by atoms with Crippen molar-refractivity contribution < 1.29 is 9.26 Å². The van der Waals surface area contributed by atoms with Crippen LogP contribution in [-0.4, -0.2) is 21.8 Å². The van der Waals surface area contributed by atoms with Crippen molar-refractivity contribution in [3.8, 4) is 34.3 Å². The predicted octanol–water partition coefficient (Wildman–Crippen LogP) is 5.37. The number of aromatic nitrogens is 3. The van der Waals surface area contributed by atoms with Crippen LogP contribution >= 0.6 is 11.6 Å². The summed E-state index contributed by atoms with van der Waals surface area (Å²) in [5.41, 5.74) is 1.92. The number of hydrogen-bond donors (Lipinski definition) is 0. The Hall–Kier alpha value is -3.90. The lowest BCUT2D eigenvalue weighted by atomic mass is 10.1. The van der Waals surface area contributed by atoms with Crippen LogP contribution in [0, 0.1) is 0 Å². The molecule has 0 aliphatic heterocycles. The highest BCUT2D eigenvalue weighted by Crippen LogP contribution is 2.29. The first-order valence-electron chi connectivity index (χ1n) is 9.53. The smallest absolute Gasteiger partial charge is 0.262 e. The second-order valence-electron chi connectivity index (χ2n) is 6.90. The average Bonchev–Trinajstić information content (AvgIpc) is 3.30. The van der Waals surface area contributed by atoms with Gasteiger partial charge in [-0.3, -0.25) is 9.36 Å². The minimum Gasteiger partial charge on any atom is -0.497 e. The fourth-order valence-corrected chi connectivity index (χ4v) is 3.68. The third-order valence-corrected chi connectivity index (χ3v) is 5.23. The minimum absolute atomic E-state index is 0.151. The molecule has 2 aromatic heterocycles. The number of nitrogens with zero attached hydrogens (tertiary/aromatic N) is 3. The van der Waals surface area contributed by atoms with E-state index in [4.69, 9.17) is 20.9 Å². The molecular weight excluding hydrogens is 414 g/mol. The summed E-state index contributed by atoms with van der Waals surface area (Å²) in [6.45, 7) is 0. The van der Waals surface area contributed by atoms with Crippen molar-refractivity contribution >= 4 is 22.4 Å². The molecule has 0 N–H and O–H groups in total. The van der Waals surface area contributed by atoms with Crippen molar-refractivity contribution in [1.29, 1.82) is 0 Å². The number of benzene rings is 3. The van der Waals surface area contributed by atoms with Gasteiger partial charge in [-0.05, 0) is 30.3 Å². The lowest BCUT2D eigenvalue weighted by Crippen LogP contribution is -2.18. The molecule has 0 unspecified atom stereocenters. The SMILES string of the molecule is COc1cccc(-n2cc(-c3nc(-c4cccc(Cl)c4)no3)c3ccccc3c2=O)c1. The first-order chi connectivity index (χ1) is 15.1. The zero-order valence-electron chi connectivity index (χ0n) is 16.4. The molecule has 5 rings (SSSR count). The van der Waals surface area contributed by atoms with Crippen molar-refractivity contribution in [3.63, 3.8) is 0 Å². The summed E-state index contributed by atoms with van der Waals surface area (Å²) in [7, 11) is 1.59. The van der Waals surface area contributed by atoms with E-state index in [1.54, 1.807) is 42.1 Å². The summed E-state index contributed by atoms with van der Waals surface area (Å²) in [6.07, 6.45) is 1.72. The van der Waals surface area contributed by atoms with Gasteiger partial charge in [0.25, 0.3) is 11.4 Å². The van der Waals surface area contributed by atoms with E-state index in [0.717, 1.165) is 10.9 Å². The van der Waals surface area contributed by atoms with Gasteiger partial charge < -0.3 is 9.26 Å². The fourth-order valence-electron chi connectivity index (χ4n) is 3.49. The Morgan fingerprint density at radius 2 is 1.77 bits per heavy atom. The van der Waals surface area contributed by atoms with Gasteiger partial charge >= 0.3 is 0 Å². The topological polar surface area (TPSA) is 70.2 Å². The number of fused-ring (bicyclic) bond motifs is 1. The summed E-state index contributed by atoms with van der Waals surface area (Å²) in [4.78, 5) is 17.8. The van der Waals surface area contributed by atoms with Gasteiger partial charge in [0.2, 0.25) is 5.82 Å². The van der Waals surface area contributed by atoms with E-state index in [9.17, 15) is 4.79 Å². The fraction of sp³-hybridized carbons (Fsp3) is 0.0417. The third-order valence-electron chi connectivity index (χ3n) is 5.00. The zero-order valence-corrected chi connectivity index (χ0v) is 17.2. The minimum atomic E-state index is -0.151. The highest BCUT2D eigenvalue weighted by molar-refractivity contribution is 6.30. The van der Waals surface area contributed by atoms with Crippen molar-refractivity contribution in [3.05, 3.63) is 94.4 Å². The lowest BCUT2D eigenvalue weighted by Gasteiger charge is -2.11. The van der Waals surface area contributed by atoms with Gasteiger partial charge in [0.1, 0.15) is 5.75 Å². The Bertz CT molecular complexity index is 1470. The highest BCUT2D eigenvalue weighted by Gasteiger charge is 2.17. The summed E-state index contributed by atoms with van der Waals surface area (Å²) in [5.74, 6) is 1.38. The van der Waals surface area contributed by atoms with Crippen LogP contribution in [0.1, 0.15) is 0 Å². The summed E-state index contributed by atoms with van der Waals surface area (Å²) < 4.78 is 12.5. The molecule has 0 fully saturated rings. The molecular formula is C24H16ClN3O3. The van der Waals surface area contributed by atoms with Crippen LogP contribution in [0.4, 0.5) is 0 Å². The van der Waals surface area contributed by atoms with Gasteiger partial charge in [0.15, 0.2) is 0 Å². The van der Waals surface area contributed by atoms with Crippen LogP contribution in [0.3, 0.4) is 0 Å². The van der Waals surface area contributed by atoms with Gasteiger partial charge in [-0.25, -0.2) is 0 Å². The Morgan fingerprint density at radius 1 is 0.968 bits per heavy atom. The second-order valence-corrected chi connectivity index (χ2v) is 7.33. The molecule has 0 aliphatic carbocycles. The number of methoxy groups -OCH3 is 1. The number of hydrogen-bond acceptors (Lipinski definition) is 5. The zero-order chi connectivity index (χ0) is 21.4. The van der Waals surface area contributed by atoms with Crippen LogP contribution < -0.4 is 10.3 Å². The molecule has 152 valence electrons. The molecule has 0 spiro atoms. The predicted molar refractivity (Wildman–Crippen MR) is 120 cm³/mol. The normalized spacial score (nSPS) is 11.0. The largest absolute Gasteiger partial charge is 0.497 e. The van der Waals surface area contributed by atoms with E-state index in [-0.39, 0.29) is 5.56 Å². The van der Waals surface area contributed by atoms with E-state index >= 15 is 0 Å². The first kappa shape index (κ1) is 19.1. The van der Waals surface area contributed by atoms with Crippen LogP contribution in [0.15, 0.2) is 88.3 Å². The number of rotatable bonds is 4. The van der Waals surface area contributed by atoms with Gasteiger partial charge in [-0.2, -0.15) is 4.98 Å². The maximum absolute atomic E-state index is 13.2. The molecule has 0 saturated carbocycles. The molecule has 2 heterocycles. The van der Waals surface area contributed by atoms with Gasteiger partial charge in [-0.1, -0.05) is 53.2 Å². The maximum Gasteiger partial charge on any atom is 0.262 e. The van der Waals surface area contributed by atoms with E-state index in [1.165, 1.54) is 0 Å². The Morgan fingerprint density at radius 3 is 2.58 bits per heavy atom. The van der Waals surface area contributed by atoms with Crippen molar-refractivity contribution in [1.82, 2.24) is 14.7 Å². The molecule has 0 radical (unpaired) electrons. The van der Waals surface area contributed by atoms with Crippen molar-refractivity contribution in [2.75, 3.05) is 7.11 Å². The number of halogens is 1. The van der Waals surface area contributed by atoms with E-state index in [2.05, 4.69) is 10.1 Å². The Kier molecular flexibility index (Phi) is 4.76. The third kappa shape index (κ3) is 3.47. The summed E-state index contributed by atoms with van der Waals surface area (Å²) >= 11 is 6.09. The molecule has 7 heteroatoms. The number of ether oxygens (including phenoxy) is 1. The molecule has 0 atom stereocenters.